The molecule has 1 fully saturated rings. The molecule has 0 radical (unpaired) electrons. The van der Waals surface area contributed by atoms with Gasteiger partial charge in [-0.1, -0.05) is 11.6 Å². The van der Waals surface area contributed by atoms with E-state index in [2.05, 4.69) is 33.9 Å². The highest BCUT2D eigenvalue weighted by Crippen LogP contribution is 2.19. The molecule has 2 rings (SSSR count). The largest absolute Gasteiger partial charge is 0.359 e. The molecule has 5 heteroatoms. The van der Waals surface area contributed by atoms with Crippen LogP contribution in [0.1, 0.15) is 6.42 Å². The first-order valence-corrected chi connectivity index (χ1v) is 5.90. The minimum atomic E-state index is 0.500. The number of hydrogen-bond donors (Lipinski definition) is 0. The van der Waals surface area contributed by atoms with E-state index in [0.717, 1.165) is 18.3 Å². The summed E-state index contributed by atoms with van der Waals surface area (Å²) in [6, 6.07) is 1.81. The molecule has 1 aliphatic rings. The first kappa shape index (κ1) is 11.6. The van der Waals surface area contributed by atoms with Crippen LogP contribution in [0.2, 0.25) is 5.15 Å². The fourth-order valence-corrected chi connectivity index (χ4v) is 2.33. The standard InChI is InChI=1S/C11H17ClN4/c1-15-4-3-9(6-15)7-16(2)11-5-10(12)13-8-14-11/h5,8-9H,3-4,6-7H2,1-2H3. The van der Waals surface area contributed by atoms with Crippen molar-refractivity contribution in [2.45, 2.75) is 6.42 Å². The van der Waals surface area contributed by atoms with Crippen LogP contribution in [0.15, 0.2) is 12.4 Å². The number of rotatable bonds is 3. The van der Waals surface area contributed by atoms with Crippen molar-refractivity contribution in [1.29, 1.82) is 0 Å². The number of anilines is 1. The average Bonchev–Trinajstić information content (AvgIpc) is 2.64. The first-order valence-electron chi connectivity index (χ1n) is 5.52. The molecule has 0 spiro atoms. The predicted octanol–water partition coefficient (Wildman–Crippen LogP) is 1.52. The Kier molecular flexibility index (Phi) is 3.61. The Balaban J connectivity index is 1.95. The third-order valence-electron chi connectivity index (χ3n) is 3.03. The van der Waals surface area contributed by atoms with Crippen LogP contribution in [0.5, 0.6) is 0 Å². The molecule has 0 saturated carbocycles. The van der Waals surface area contributed by atoms with E-state index in [1.165, 1.54) is 25.8 Å². The number of hydrogen-bond acceptors (Lipinski definition) is 4. The molecule has 1 unspecified atom stereocenters. The smallest absolute Gasteiger partial charge is 0.134 e. The van der Waals surface area contributed by atoms with Gasteiger partial charge in [0.05, 0.1) is 0 Å². The number of halogens is 1. The van der Waals surface area contributed by atoms with Gasteiger partial charge in [-0.3, -0.25) is 0 Å². The van der Waals surface area contributed by atoms with Crippen LogP contribution >= 0.6 is 11.6 Å². The van der Waals surface area contributed by atoms with Gasteiger partial charge in [-0.05, 0) is 25.9 Å². The molecule has 1 aromatic rings. The molecule has 16 heavy (non-hydrogen) atoms. The molecule has 0 aromatic carbocycles. The van der Waals surface area contributed by atoms with Crippen molar-refractivity contribution in [1.82, 2.24) is 14.9 Å². The highest BCUT2D eigenvalue weighted by molar-refractivity contribution is 6.29. The van der Waals surface area contributed by atoms with E-state index >= 15 is 0 Å². The molecule has 2 heterocycles. The Morgan fingerprint density at radius 3 is 3.00 bits per heavy atom. The second-order valence-electron chi connectivity index (χ2n) is 4.50. The molecule has 0 bridgehead atoms. The van der Waals surface area contributed by atoms with Crippen LogP contribution in [-0.4, -0.2) is 48.6 Å². The van der Waals surface area contributed by atoms with E-state index in [-0.39, 0.29) is 0 Å². The van der Waals surface area contributed by atoms with Crippen molar-refractivity contribution >= 4 is 17.4 Å². The normalized spacial score (nSPS) is 21.3. The van der Waals surface area contributed by atoms with Crippen molar-refractivity contribution in [3.63, 3.8) is 0 Å². The summed E-state index contributed by atoms with van der Waals surface area (Å²) in [5, 5.41) is 0.500. The minimum absolute atomic E-state index is 0.500. The third-order valence-corrected chi connectivity index (χ3v) is 3.24. The summed E-state index contributed by atoms with van der Waals surface area (Å²) >= 11 is 5.84. The quantitative estimate of drug-likeness (QED) is 0.750. The highest BCUT2D eigenvalue weighted by atomic mass is 35.5. The topological polar surface area (TPSA) is 32.3 Å². The van der Waals surface area contributed by atoms with Gasteiger partial charge in [0, 0.05) is 26.2 Å². The van der Waals surface area contributed by atoms with Crippen LogP contribution in [0.3, 0.4) is 0 Å². The summed E-state index contributed by atoms with van der Waals surface area (Å²) in [5.41, 5.74) is 0. The Labute approximate surface area is 101 Å². The lowest BCUT2D eigenvalue weighted by atomic mass is 10.1. The summed E-state index contributed by atoms with van der Waals surface area (Å²) in [7, 11) is 4.22. The van der Waals surface area contributed by atoms with Gasteiger partial charge >= 0.3 is 0 Å². The van der Waals surface area contributed by atoms with Crippen LogP contribution in [-0.2, 0) is 0 Å². The molecule has 1 aliphatic heterocycles. The molecule has 0 amide bonds. The van der Waals surface area contributed by atoms with Crippen molar-refractivity contribution in [3.8, 4) is 0 Å². The van der Waals surface area contributed by atoms with Crippen molar-refractivity contribution in [2.75, 3.05) is 38.6 Å². The zero-order valence-corrected chi connectivity index (χ0v) is 10.5. The van der Waals surface area contributed by atoms with Crippen molar-refractivity contribution in [3.05, 3.63) is 17.5 Å². The molecule has 0 N–H and O–H groups in total. The average molecular weight is 241 g/mol. The fourth-order valence-electron chi connectivity index (χ4n) is 2.19. The number of nitrogens with zero attached hydrogens (tertiary/aromatic N) is 4. The minimum Gasteiger partial charge on any atom is -0.359 e. The molecule has 1 atom stereocenters. The molecule has 1 saturated heterocycles. The highest BCUT2D eigenvalue weighted by Gasteiger charge is 2.21. The van der Waals surface area contributed by atoms with Gasteiger partial charge in [-0.15, -0.1) is 0 Å². The molecular formula is C11H17ClN4. The molecule has 4 nitrogen and oxygen atoms in total. The van der Waals surface area contributed by atoms with Gasteiger partial charge in [-0.25, -0.2) is 9.97 Å². The summed E-state index contributed by atoms with van der Waals surface area (Å²) < 4.78 is 0. The first-order chi connectivity index (χ1) is 7.65. The van der Waals surface area contributed by atoms with Gasteiger partial charge in [0.1, 0.15) is 17.3 Å². The maximum Gasteiger partial charge on any atom is 0.134 e. The van der Waals surface area contributed by atoms with Crippen LogP contribution in [0, 0.1) is 5.92 Å². The summed E-state index contributed by atoms with van der Waals surface area (Å²) in [6.07, 6.45) is 2.77. The second-order valence-corrected chi connectivity index (χ2v) is 4.88. The van der Waals surface area contributed by atoms with Gasteiger partial charge in [-0.2, -0.15) is 0 Å². The van der Waals surface area contributed by atoms with Crippen LogP contribution < -0.4 is 4.90 Å². The van der Waals surface area contributed by atoms with Gasteiger partial charge < -0.3 is 9.80 Å². The van der Waals surface area contributed by atoms with E-state index in [1.807, 2.05) is 0 Å². The van der Waals surface area contributed by atoms with Crippen molar-refractivity contribution < 1.29 is 0 Å². The summed E-state index contributed by atoms with van der Waals surface area (Å²) in [6.45, 7) is 3.39. The number of likely N-dealkylation sites (tertiary alicyclic amines) is 1. The molecular weight excluding hydrogens is 224 g/mol. The number of aromatic nitrogens is 2. The summed E-state index contributed by atoms with van der Waals surface area (Å²) in [4.78, 5) is 12.6. The van der Waals surface area contributed by atoms with Gasteiger partial charge in [0.15, 0.2) is 0 Å². The van der Waals surface area contributed by atoms with Crippen LogP contribution in [0.25, 0.3) is 0 Å². The van der Waals surface area contributed by atoms with E-state index in [4.69, 9.17) is 11.6 Å². The van der Waals surface area contributed by atoms with E-state index in [9.17, 15) is 0 Å². The van der Waals surface area contributed by atoms with E-state index in [1.54, 1.807) is 6.07 Å². The van der Waals surface area contributed by atoms with E-state index < -0.39 is 0 Å². The summed E-state index contributed by atoms with van der Waals surface area (Å²) in [5.74, 6) is 1.62. The van der Waals surface area contributed by atoms with E-state index in [0.29, 0.717) is 5.15 Å². The SMILES string of the molecule is CN1CCC(CN(C)c2cc(Cl)ncn2)C1. The molecule has 0 aliphatic carbocycles. The lowest BCUT2D eigenvalue weighted by Gasteiger charge is -2.21. The second kappa shape index (κ2) is 4.97. The Morgan fingerprint density at radius 1 is 1.56 bits per heavy atom. The van der Waals surface area contributed by atoms with Gasteiger partial charge in [0.25, 0.3) is 0 Å². The Hall–Kier alpha value is -0.870. The third kappa shape index (κ3) is 2.83. The predicted molar refractivity (Wildman–Crippen MR) is 65.9 cm³/mol. The monoisotopic (exact) mass is 240 g/mol. The Bertz CT molecular complexity index is 358. The van der Waals surface area contributed by atoms with Gasteiger partial charge in [0.2, 0.25) is 0 Å². The van der Waals surface area contributed by atoms with Crippen LogP contribution in [0.4, 0.5) is 5.82 Å². The maximum absolute atomic E-state index is 5.84. The maximum atomic E-state index is 5.84. The zero-order chi connectivity index (χ0) is 11.5. The molecule has 88 valence electrons. The zero-order valence-electron chi connectivity index (χ0n) is 9.73. The molecule has 1 aromatic heterocycles. The lowest BCUT2D eigenvalue weighted by molar-refractivity contribution is 0.395. The van der Waals surface area contributed by atoms with Crippen molar-refractivity contribution in [2.24, 2.45) is 5.92 Å². The lowest BCUT2D eigenvalue weighted by Crippen LogP contribution is -2.27. The Morgan fingerprint density at radius 2 is 2.38 bits per heavy atom. The fraction of sp³-hybridized carbons (Fsp3) is 0.636.